The van der Waals surface area contributed by atoms with Crippen LogP contribution in [0, 0.1) is 0 Å². The lowest BCUT2D eigenvalue weighted by atomic mass is 10.2. The fourth-order valence-electron chi connectivity index (χ4n) is 1.88. The van der Waals surface area contributed by atoms with E-state index < -0.39 is 6.09 Å². The highest BCUT2D eigenvalue weighted by molar-refractivity contribution is 5.90. The van der Waals surface area contributed by atoms with E-state index in [1.165, 1.54) is 0 Å². The molecule has 3 amide bonds. The number of benzene rings is 2. The van der Waals surface area contributed by atoms with Crippen LogP contribution in [-0.2, 0) is 11.3 Å². The Morgan fingerprint density at radius 2 is 1.52 bits per heavy atom. The molecule has 2 rings (SSSR count). The maximum absolute atomic E-state index is 11.8. The molecule has 0 aliphatic heterocycles. The SMILES string of the molecule is CCOC(=O)Nc1ccc(NC(=O)NCc2ccccc2)cc1. The van der Waals surface area contributed by atoms with Crippen molar-refractivity contribution < 1.29 is 14.3 Å². The molecule has 0 heterocycles. The third-order valence-electron chi connectivity index (χ3n) is 2.96. The van der Waals surface area contributed by atoms with Gasteiger partial charge >= 0.3 is 12.1 Å². The van der Waals surface area contributed by atoms with E-state index in [2.05, 4.69) is 16.0 Å². The summed E-state index contributed by atoms with van der Waals surface area (Å²) in [6, 6.07) is 16.1. The Morgan fingerprint density at radius 3 is 2.13 bits per heavy atom. The van der Waals surface area contributed by atoms with Gasteiger partial charge in [0.25, 0.3) is 0 Å². The lowest BCUT2D eigenvalue weighted by molar-refractivity contribution is 0.168. The molecule has 6 nitrogen and oxygen atoms in total. The summed E-state index contributed by atoms with van der Waals surface area (Å²) in [6.07, 6.45) is -0.506. The first-order valence-electron chi connectivity index (χ1n) is 7.30. The highest BCUT2D eigenvalue weighted by Gasteiger charge is 2.04. The second kappa shape index (κ2) is 8.43. The monoisotopic (exact) mass is 313 g/mol. The smallest absolute Gasteiger partial charge is 0.411 e. The number of carbonyl (C=O) groups is 2. The number of hydrogen-bond acceptors (Lipinski definition) is 3. The quantitative estimate of drug-likeness (QED) is 0.789. The highest BCUT2D eigenvalue weighted by atomic mass is 16.5. The summed E-state index contributed by atoms with van der Waals surface area (Å²) in [7, 11) is 0. The molecule has 3 N–H and O–H groups in total. The first kappa shape index (κ1) is 16.4. The van der Waals surface area contributed by atoms with E-state index in [9.17, 15) is 9.59 Å². The lowest BCUT2D eigenvalue weighted by Gasteiger charge is -2.09. The van der Waals surface area contributed by atoms with Crippen LogP contribution in [0.5, 0.6) is 0 Å². The molecule has 2 aromatic rings. The molecule has 0 fully saturated rings. The molecule has 0 unspecified atom stereocenters. The minimum absolute atomic E-state index is 0.292. The van der Waals surface area contributed by atoms with Crippen molar-refractivity contribution in [1.82, 2.24) is 5.32 Å². The Bertz CT molecular complexity index is 642. The van der Waals surface area contributed by atoms with E-state index in [1.807, 2.05) is 30.3 Å². The van der Waals surface area contributed by atoms with Gasteiger partial charge < -0.3 is 15.4 Å². The summed E-state index contributed by atoms with van der Waals surface area (Å²) in [5.41, 5.74) is 2.25. The fraction of sp³-hybridized carbons (Fsp3) is 0.176. The third-order valence-corrected chi connectivity index (χ3v) is 2.96. The highest BCUT2D eigenvalue weighted by Crippen LogP contribution is 2.13. The minimum atomic E-state index is -0.506. The van der Waals surface area contributed by atoms with Gasteiger partial charge in [0.05, 0.1) is 6.61 Å². The molecule has 0 radical (unpaired) electrons. The van der Waals surface area contributed by atoms with Crippen molar-refractivity contribution in [1.29, 1.82) is 0 Å². The first-order chi connectivity index (χ1) is 11.2. The van der Waals surface area contributed by atoms with Crippen LogP contribution >= 0.6 is 0 Å². The Balaban J connectivity index is 1.80. The summed E-state index contributed by atoms with van der Waals surface area (Å²) < 4.78 is 4.78. The van der Waals surface area contributed by atoms with Crippen LogP contribution in [0.1, 0.15) is 12.5 Å². The number of anilines is 2. The van der Waals surface area contributed by atoms with E-state index in [-0.39, 0.29) is 6.03 Å². The minimum Gasteiger partial charge on any atom is -0.450 e. The second-order valence-corrected chi connectivity index (χ2v) is 4.72. The zero-order valence-electron chi connectivity index (χ0n) is 12.8. The summed E-state index contributed by atoms with van der Waals surface area (Å²) in [4.78, 5) is 23.1. The van der Waals surface area contributed by atoms with Crippen LogP contribution in [0.3, 0.4) is 0 Å². The number of amides is 3. The molecular weight excluding hydrogens is 294 g/mol. The van der Waals surface area contributed by atoms with E-state index in [0.29, 0.717) is 24.5 Å². The molecular formula is C17H19N3O3. The van der Waals surface area contributed by atoms with Crippen molar-refractivity contribution in [2.24, 2.45) is 0 Å². The predicted octanol–water partition coefficient (Wildman–Crippen LogP) is 3.58. The van der Waals surface area contributed by atoms with Crippen molar-refractivity contribution in [2.45, 2.75) is 13.5 Å². The number of urea groups is 1. The van der Waals surface area contributed by atoms with Crippen molar-refractivity contribution in [2.75, 3.05) is 17.2 Å². The van der Waals surface area contributed by atoms with Gasteiger partial charge in [-0.1, -0.05) is 30.3 Å². The Morgan fingerprint density at radius 1 is 0.913 bits per heavy atom. The summed E-state index contributed by atoms with van der Waals surface area (Å²) >= 11 is 0. The van der Waals surface area contributed by atoms with Crippen LogP contribution in [0.4, 0.5) is 21.0 Å². The van der Waals surface area contributed by atoms with Gasteiger partial charge in [-0.3, -0.25) is 5.32 Å². The molecule has 0 saturated heterocycles. The Hall–Kier alpha value is -3.02. The Kier molecular flexibility index (Phi) is 5.99. The molecule has 0 spiro atoms. The molecule has 120 valence electrons. The molecule has 0 bridgehead atoms. The van der Waals surface area contributed by atoms with Crippen molar-refractivity contribution in [3.8, 4) is 0 Å². The summed E-state index contributed by atoms with van der Waals surface area (Å²) in [5, 5.41) is 8.08. The van der Waals surface area contributed by atoms with E-state index in [0.717, 1.165) is 5.56 Å². The van der Waals surface area contributed by atoms with Crippen molar-refractivity contribution in [3.63, 3.8) is 0 Å². The van der Waals surface area contributed by atoms with Gasteiger partial charge in [-0.25, -0.2) is 9.59 Å². The van der Waals surface area contributed by atoms with Crippen LogP contribution in [-0.4, -0.2) is 18.7 Å². The van der Waals surface area contributed by atoms with E-state index in [1.54, 1.807) is 31.2 Å². The van der Waals surface area contributed by atoms with E-state index in [4.69, 9.17) is 4.74 Å². The van der Waals surface area contributed by atoms with Gasteiger partial charge in [-0.15, -0.1) is 0 Å². The zero-order chi connectivity index (χ0) is 16.5. The number of nitrogens with one attached hydrogen (secondary N) is 3. The van der Waals surface area contributed by atoms with Crippen LogP contribution < -0.4 is 16.0 Å². The topological polar surface area (TPSA) is 79.5 Å². The largest absolute Gasteiger partial charge is 0.450 e. The maximum Gasteiger partial charge on any atom is 0.411 e. The van der Waals surface area contributed by atoms with Gasteiger partial charge in [-0.05, 0) is 36.8 Å². The number of hydrogen-bond donors (Lipinski definition) is 3. The molecule has 0 aromatic heterocycles. The molecule has 23 heavy (non-hydrogen) atoms. The molecule has 0 aliphatic carbocycles. The fourth-order valence-corrected chi connectivity index (χ4v) is 1.88. The normalized spacial score (nSPS) is 9.78. The average Bonchev–Trinajstić information content (AvgIpc) is 2.56. The third kappa shape index (κ3) is 5.70. The standard InChI is InChI=1S/C17H19N3O3/c1-2-23-17(22)20-15-10-8-14(9-11-15)19-16(21)18-12-13-6-4-3-5-7-13/h3-11H,2,12H2,1H3,(H,20,22)(H2,18,19,21). The Labute approximate surface area is 134 Å². The number of rotatable bonds is 5. The van der Waals surface area contributed by atoms with Crippen LogP contribution in [0.25, 0.3) is 0 Å². The zero-order valence-corrected chi connectivity index (χ0v) is 12.8. The van der Waals surface area contributed by atoms with Gasteiger partial charge in [-0.2, -0.15) is 0 Å². The van der Waals surface area contributed by atoms with Gasteiger partial charge in [0.15, 0.2) is 0 Å². The molecule has 0 saturated carbocycles. The predicted molar refractivity (Wildman–Crippen MR) is 89.4 cm³/mol. The van der Waals surface area contributed by atoms with Gasteiger partial charge in [0, 0.05) is 17.9 Å². The summed E-state index contributed by atoms with van der Waals surface area (Å²) in [6.45, 7) is 2.50. The molecule has 0 atom stereocenters. The number of ether oxygens (including phenoxy) is 1. The maximum atomic E-state index is 11.8. The lowest BCUT2D eigenvalue weighted by Crippen LogP contribution is -2.28. The van der Waals surface area contributed by atoms with Crippen molar-refractivity contribution in [3.05, 3.63) is 60.2 Å². The molecule has 2 aromatic carbocycles. The number of carbonyl (C=O) groups excluding carboxylic acids is 2. The second-order valence-electron chi connectivity index (χ2n) is 4.72. The van der Waals surface area contributed by atoms with Gasteiger partial charge in [0.2, 0.25) is 0 Å². The average molecular weight is 313 g/mol. The summed E-state index contributed by atoms with van der Waals surface area (Å²) in [5.74, 6) is 0. The molecule has 6 heteroatoms. The van der Waals surface area contributed by atoms with Crippen LogP contribution in [0.15, 0.2) is 54.6 Å². The first-order valence-corrected chi connectivity index (χ1v) is 7.30. The van der Waals surface area contributed by atoms with E-state index >= 15 is 0 Å². The van der Waals surface area contributed by atoms with Gasteiger partial charge in [0.1, 0.15) is 0 Å². The molecule has 0 aliphatic rings. The van der Waals surface area contributed by atoms with Crippen LogP contribution in [0.2, 0.25) is 0 Å². The van der Waals surface area contributed by atoms with Crippen molar-refractivity contribution >= 4 is 23.5 Å².